The molecule has 4 heteroatoms. The normalized spacial score (nSPS) is 17.4. The largest absolute Gasteiger partial charge is 0.489 e. The third-order valence-corrected chi connectivity index (χ3v) is 4.73. The van der Waals surface area contributed by atoms with Crippen LogP contribution in [0.4, 0.5) is 0 Å². The number of nitrogens with two attached hydrogens (primary N) is 1. The Morgan fingerprint density at radius 3 is 2.90 bits per heavy atom. The molecule has 21 heavy (non-hydrogen) atoms. The highest BCUT2D eigenvalue weighted by atomic mass is 79.9. The fourth-order valence-corrected chi connectivity index (χ4v) is 3.45. The van der Waals surface area contributed by atoms with Gasteiger partial charge in [0.25, 0.3) is 0 Å². The number of halogens is 2. The molecule has 2 N–H and O–H groups in total. The Balaban J connectivity index is 1.73. The van der Waals surface area contributed by atoms with Gasteiger partial charge in [-0.3, -0.25) is 0 Å². The zero-order chi connectivity index (χ0) is 14.8. The third kappa shape index (κ3) is 3.42. The van der Waals surface area contributed by atoms with E-state index in [2.05, 4.69) is 28.1 Å². The van der Waals surface area contributed by atoms with Crippen LogP contribution >= 0.6 is 27.5 Å². The lowest BCUT2D eigenvalue weighted by molar-refractivity contribution is 0.305. The summed E-state index contributed by atoms with van der Waals surface area (Å²) < 4.78 is 6.84. The van der Waals surface area contributed by atoms with Crippen molar-refractivity contribution in [3.8, 4) is 5.75 Å². The molecule has 0 fully saturated rings. The first kappa shape index (κ1) is 14.9. The summed E-state index contributed by atoms with van der Waals surface area (Å²) in [6.07, 6.45) is 3.30. The summed E-state index contributed by atoms with van der Waals surface area (Å²) in [4.78, 5) is 0. The van der Waals surface area contributed by atoms with Crippen molar-refractivity contribution in [2.45, 2.75) is 31.9 Å². The van der Waals surface area contributed by atoms with Gasteiger partial charge in [-0.05, 0) is 54.7 Å². The van der Waals surface area contributed by atoms with Crippen LogP contribution < -0.4 is 10.5 Å². The Kier molecular flexibility index (Phi) is 4.53. The molecule has 3 rings (SSSR count). The third-order valence-electron chi connectivity index (χ3n) is 3.88. The Morgan fingerprint density at radius 1 is 1.24 bits per heavy atom. The molecule has 0 amide bonds. The number of rotatable bonds is 3. The molecule has 2 aromatic rings. The van der Waals surface area contributed by atoms with Crippen LogP contribution in [0.5, 0.6) is 5.75 Å². The second-order valence-electron chi connectivity index (χ2n) is 5.38. The van der Waals surface area contributed by atoms with Gasteiger partial charge in [-0.25, -0.2) is 0 Å². The van der Waals surface area contributed by atoms with Gasteiger partial charge in [0.2, 0.25) is 0 Å². The smallest absolute Gasteiger partial charge is 0.120 e. The van der Waals surface area contributed by atoms with E-state index in [4.69, 9.17) is 22.1 Å². The van der Waals surface area contributed by atoms with E-state index in [-0.39, 0.29) is 6.04 Å². The Labute approximate surface area is 138 Å². The Morgan fingerprint density at radius 2 is 2.10 bits per heavy atom. The Bertz CT molecular complexity index is 659. The molecular weight excluding hydrogens is 350 g/mol. The van der Waals surface area contributed by atoms with Crippen molar-refractivity contribution in [3.05, 3.63) is 62.6 Å². The topological polar surface area (TPSA) is 35.2 Å². The molecule has 2 nitrogen and oxygen atoms in total. The van der Waals surface area contributed by atoms with E-state index in [0.29, 0.717) is 11.6 Å². The molecule has 1 aliphatic rings. The average Bonchev–Trinajstić information content (AvgIpc) is 2.46. The van der Waals surface area contributed by atoms with E-state index in [1.54, 1.807) is 0 Å². The van der Waals surface area contributed by atoms with Crippen LogP contribution in [0.15, 0.2) is 40.9 Å². The number of hydrogen-bond donors (Lipinski definition) is 1. The SMILES string of the molecule is NC1CCCc2cc(OCc3ccc(Br)cc3Cl)ccc21. The van der Waals surface area contributed by atoms with Gasteiger partial charge in [0.05, 0.1) is 0 Å². The molecule has 0 heterocycles. The molecule has 0 saturated carbocycles. The van der Waals surface area contributed by atoms with Gasteiger partial charge in [0.1, 0.15) is 12.4 Å². The summed E-state index contributed by atoms with van der Waals surface area (Å²) in [6, 6.07) is 12.2. The van der Waals surface area contributed by atoms with Crippen molar-refractivity contribution in [1.82, 2.24) is 0 Å². The summed E-state index contributed by atoms with van der Waals surface area (Å²) in [7, 11) is 0. The van der Waals surface area contributed by atoms with Gasteiger partial charge >= 0.3 is 0 Å². The van der Waals surface area contributed by atoms with Gasteiger partial charge < -0.3 is 10.5 Å². The monoisotopic (exact) mass is 365 g/mol. The van der Waals surface area contributed by atoms with Crippen LogP contribution in [0.2, 0.25) is 5.02 Å². The van der Waals surface area contributed by atoms with Crippen LogP contribution in [0.25, 0.3) is 0 Å². The van der Waals surface area contributed by atoms with E-state index >= 15 is 0 Å². The summed E-state index contributed by atoms with van der Waals surface area (Å²) in [5.41, 5.74) is 9.69. The van der Waals surface area contributed by atoms with E-state index in [1.165, 1.54) is 11.1 Å². The molecule has 0 aromatic heterocycles. The lowest BCUT2D eigenvalue weighted by atomic mass is 9.88. The number of aryl methyl sites for hydroxylation is 1. The van der Waals surface area contributed by atoms with Gasteiger partial charge in [-0.15, -0.1) is 0 Å². The molecule has 0 radical (unpaired) electrons. The summed E-state index contributed by atoms with van der Waals surface area (Å²) in [5.74, 6) is 0.877. The molecule has 0 saturated heterocycles. The minimum atomic E-state index is 0.170. The van der Waals surface area contributed by atoms with Gasteiger partial charge in [0.15, 0.2) is 0 Å². The van der Waals surface area contributed by atoms with Crippen molar-refractivity contribution in [2.75, 3.05) is 0 Å². The molecule has 110 valence electrons. The van der Waals surface area contributed by atoms with Crippen molar-refractivity contribution in [2.24, 2.45) is 5.73 Å². The van der Waals surface area contributed by atoms with Crippen molar-refractivity contribution in [3.63, 3.8) is 0 Å². The zero-order valence-corrected chi connectivity index (χ0v) is 14.0. The van der Waals surface area contributed by atoms with E-state index < -0.39 is 0 Å². The number of hydrogen-bond acceptors (Lipinski definition) is 2. The van der Waals surface area contributed by atoms with E-state index in [9.17, 15) is 0 Å². The second kappa shape index (κ2) is 6.39. The van der Waals surface area contributed by atoms with Gasteiger partial charge in [-0.2, -0.15) is 0 Å². The maximum Gasteiger partial charge on any atom is 0.120 e. The van der Waals surface area contributed by atoms with Crippen LogP contribution in [0, 0.1) is 0 Å². The highest BCUT2D eigenvalue weighted by Crippen LogP contribution is 2.31. The molecule has 0 spiro atoms. The molecule has 1 unspecified atom stereocenters. The quantitative estimate of drug-likeness (QED) is 0.828. The van der Waals surface area contributed by atoms with E-state index in [0.717, 1.165) is 35.0 Å². The molecule has 0 bridgehead atoms. The highest BCUT2D eigenvalue weighted by molar-refractivity contribution is 9.10. The minimum absolute atomic E-state index is 0.170. The predicted molar refractivity (Wildman–Crippen MR) is 89.8 cm³/mol. The molecule has 0 aliphatic heterocycles. The lowest BCUT2D eigenvalue weighted by Crippen LogP contribution is -2.17. The molecule has 1 aliphatic carbocycles. The summed E-state index contributed by atoms with van der Waals surface area (Å²) >= 11 is 9.61. The van der Waals surface area contributed by atoms with Crippen LogP contribution in [-0.2, 0) is 13.0 Å². The lowest BCUT2D eigenvalue weighted by Gasteiger charge is -2.22. The highest BCUT2D eigenvalue weighted by Gasteiger charge is 2.17. The molecule has 1 atom stereocenters. The number of ether oxygens (including phenoxy) is 1. The fourth-order valence-electron chi connectivity index (χ4n) is 2.72. The van der Waals surface area contributed by atoms with Crippen LogP contribution in [-0.4, -0.2) is 0 Å². The molecule has 2 aromatic carbocycles. The van der Waals surface area contributed by atoms with Gasteiger partial charge in [0, 0.05) is 21.1 Å². The first-order valence-electron chi connectivity index (χ1n) is 7.08. The van der Waals surface area contributed by atoms with Crippen LogP contribution in [0.3, 0.4) is 0 Å². The van der Waals surface area contributed by atoms with E-state index in [1.807, 2.05) is 24.3 Å². The zero-order valence-electron chi connectivity index (χ0n) is 11.6. The first-order valence-corrected chi connectivity index (χ1v) is 8.26. The maximum absolute atomic E-state index is 6.20. The maximum atomic E-state index is 6.20. The van der Waals surface area contributed by atoms with Crippen molar-refractivity contribution in [1.29, 1.82) is 0 Å². The number of benzene rings is 2. The average molecular weight is 367 g/mol. The van der Waals surface area contributed by atoms with Gasteiger partial charge in [-0.1, -0.05) is 39.7 Å². The number of fused-ring (bicyclic) bond motifs is 1. The summed E-state index contributed by atoms with van der Waals surface area (Å²) in [5, 5.41) is 0.712. The van der Waals surface area contributed by atoms with Crippen LogP contribution in [0.1, 0.15) is 35.6 Å². The van der Waals surface area contributed by atoms with Crippen molar-refractivity contribution >= 4 is 27.5 Å². The standard InChI is InChI=1S/C17H17BrClNO/c18-13-5-4-12(16(19)9-13)10-21-14-6-7-15-11(8-14)2-1-3-17(15)20/h4-9,17H,1-3,10,20H2. The minimum Gasteiger partial charge on any atom is -0.489 e. The van der Waals surface area contributed by atoms with Crippen molar-refractivity contribution < 1.29 is 4.74 Å². The molecular formula is C17H17BrClNO. The predicted octanol–water partition coefficient (Wildman–Crippen LogP) is 5.02. The summed E-state index contributed by atoms with van der Waals surface area (Å²) in [6.45, 7) is 0.469. The fraction of sp³-hybridized carbons (Fsp3) is 0.294. The Hall–Kier alpha value is -1.03. The first-order chi connectivity index (χ1) is 10.1. The second-order valence-corrected chi connectivity index (χ2v) is 6.71.